The highest BCUT2D eigenvalue weighted by Crippen LogP contribution is 2.21. The summed E-state index contributed by atoms with van der Waals surface area (Å²) in [6.07, 6.45) is 1.74. The lowest BCUT2D eigenvalue weighted by molar-refractivity contribution is 0.0602. The molecule has 0 aliphatic rings. The first-order chi connectivity index (χ1) is 12.7. The van der Waals surface area contributed by atoms with Crippen molar-refractivity contribution in [3.8, 4) is 0 Å². The molecule has 0 aliphatic carbocycles. The van der Waals surface area contributed by atoms with E-state index in [-0.39, 0.29) is 0 Å². The lowest BCUT2D eigenvalue weighted by Crippen LogP contribution is -2.09. The van der Waals surface area contributed by atoms with E-state index in [2.05, 4.69) is 25.6 Å². The topological polar surface area (TPSA) is 89.0 Å². The number of anilines is 3. The van der Waals surface area contributed by atoms with Crippen LogP contribution in [-0.4, -0.2) is 28.0 Å². The largest absolute Gasteiger partial charge is 0.465 e. The predicted molar refractivity (Wildman–Crippen MR) is 99.4 cm³/mol. The van der Waals surface area contributed by atoms with Crippen molar-refractivity contribution < 1.29 is 9.53 Å². The number of aryl methyl sites for hydroxylation is 1. The molecule has 26 heavy (non-hydrogen) atoms. The van der Waals surface area contributed by atoms with Crippen LogP contribution < -0.4 is 10.6 Å². The first-order valence-electron chi connectivity index (χ1n) is 8.09. The minimum absolute atomic E-state index is 0.410. The zero-order valence-electron chi connectivity index (χ0n) is 14.6. The third kappa shape index (κ3) is 4.32. The molecule has 0 fully saturated rings. The van der Waals surface area contributed by atoms with Gasteiger partial charge in [0.2, 0.25) is 5.95 Å². The van der Waals surface area contributed by atoms with E-state index in [0.29, 0.717) is 29.6 Å². The molecule has 0 unspecified atom stereocenters. The number of carbonyl (C=O) groups excluding carboxylic acids is 1. The SMILES string of the molecule is COC(=O)c1ccccc1Nc1cc(C)nc(NCc2ccccn2)n1. The molecule has 0 amide bonds. The van der Waals surface area contributed by atoms with Gasteiger partial charge in [0.05, 0.1) is 30.6 Å². The van der Waals surface area contributed by atoms with Gasteiger partial charge in [0.1, 0.15) is 5.82 Å². The number of pyridine rings is 1. The fraction of sp³-hybridized carbons (Fsp3) is 0.158. The zero-order valence-corrected chi connectivity index (χ0v) is 14.6. The number of nitrogens with one attached hydrogen (secondary N) is 2. The molecule has 3 aromatic rings. The third-order valence-corrected chi connectivity index (χ3v) is 3.60. The van der Waals surface area contributed by atoms with E-state index < -0.39 is 5.97 Å². The second-order valence-electron chi connectivity index (χ2n) is 5.55. The quantitative estimate of drug-likeness (QED) is 0.660. The standard InChI is InChI=1S/C19H19N5O2/c1-13-11-17(23-16-9-4-3-8-15(16)18(25)26-2)24-19(22-13)21-12-14-7-5-6-10-20-14/h3-11H,12H2,1-2H3,(H2,21,22,23,24). The van der Waals surface area contributed by atoms with Crippen molar-refractivity contribution in [2.45, 2.75) is 13.5 Å². The summed E-state index contributed by atoms with van der Waals surface area (Å²) in [4.78, 5) is 25.0. The third-order valence-electron chi connectivity index (χ3n) is 3.60. The first kappa shape index (κ1) is 17.3. The van der Waals surface area contributed by atoms with Gasteiger partial charge >= 0.3 is 5.97 Å². The number of hydrogen-bond donors (Lipinski definition) is 2. The molecule has 0 spiro atoms. The van der Waals surface area contributed by atoms with E-state index in [0.717, 1.165) is 11.4 Å². The van der Waals surface area contributed by atoms with Crippen molar-refractivity contribution in [3.05, 3.63) is 71.7 Å². The van der Waals surface area contributed by atoms with Gasteiger partial charge in [0, 0.05) is 18.0 Å². The van der Waals surface area contributed by atoms with E-state index in [9.17, 15) is 4.79 Å². The highest BCUT2D eigenvalue weighted by atomic mass is 16.5. The van der Waals surface area contributed by atoms with Crippen LogP contribution in [0.1, 0.15) is 21.7 Å². The van der Waals surface area contributed by atoms with Crippen LogP contribution in [0.5, 0.6) is 0 Å². The molecule has 2 aromatic heterocycles. The van der Waals surface area contributed by atoms with Gasteiger partial charge in [-0.2, -0.15) is 4.98 Å². The summed E-state index contributed by atoms with van der Waals surface area (Å²) in [5.41, 5.74) is 2.74. The minimum atomic E-state index is -0.410. The maximum absolute atomic E-state index is 11.9. The molecule has 0 saturated carbocycles. The van der Waals surface area contributed by atoms with Crippen LogP contribution in [0.15, 0.2) is 54.7 Å². The van der Waals surface area contributed by atoms with E-state index >= 15 is 0 Å². The zero-order chi connectivity index (χ0) is 18.4. The van der Waals surface area contributed by atoms with Crippen LogP contribution in [0.4, 0.5) is 17.5 Å². The van der Waals surface area contributed by atoms with Gasteiger partial charge in [-0.3, -0.25) is 4.98 Å². The predicted octanol–water partition coefficient (Wildman–Crippen LogP) is 3.32. The molecule has 0 saturated heterocycles. The molecule has 0 radical (unpaired) electrons. The molecule has 7 heteroatoms. The average molecular weight is 349 g/mol. The maximum atomic E-state index is 11.9. The number of hydrogen-bond acceptors (Lipinski definition) is 7. The smallest absolute Gasteiger partial charge is 0.339 e. The average Bonchev–Trinajstić information content (AvgIpc) is 2.66. The van der Waals surface area contributed by atoms with Gasteiger partial charge in [-0.1, -0.05) is 18.2 Å². The number of rotatable bonds is 6. The summed E-state index contributed by atoms with van der Waals surface area (Å²) in [7, 11) is 1.35. The van der Waals surface area contributed by atoms with Crippen molar-refractivity contribution in [3.63, 3.8) is 0 Å². The number of ether oxygens (including phenoxy) is 1. The van der Waals surface area contributed by atoms with E-state index in [1.165, 1.54) is 7.11 Å². The molecule has 2 N–H and O–H groups in total. The molecule has 2 heterocycles. The monoisotopic (exact) mass is 349 g/mol. The summed E-state index contributed by atoms with van der Waals surface area (Å²) < 4.78 is 4.82. The summed E-state index contributed by atoms with van der Waals surface area (Å²) in [5, 5.41) is 6.32. The van der Waals surface area contributed by atoms with Crippen molar-refractivity contribution in [2.24, 2.45) is 0 Å². The van der Waals surface area contributed by atoms with Crippen LogP contribution in [0.2, 0.25) is 0 Å². The minimum Gasteiger partial charge on any atom is -0.465 e. The Kier molecular flexibility index (Phi) is 5.38. The van der Waals surface area contributed by atoms with Gasteiger partial charge in [-0.25, -0.2) is 9.78 Å². The van der Waals surface area contributed by atoms with E-state index in [1.54, 1.807) is 30.5 Å². The van der Waals surface area contributed by atoms with Crippen molar-refractivity contribution >= 4 is 23.4 Å². The lowest BCUT2D eigenvalue weighted by Gasteiger charge is -2.12. The Morgan fingerprint density at radius 1 is 1.12 bits per heavy atom. The number of methoxy groups -OCH3 is 1. The first-order valence-corrected chi connectivity index (χ1v) is 8.09. The number of para-hydroxylation sites is 1. The number of aromatic nitrogens is 3. The molecule has 3 rings (SSSR count). The molecule has 0 bridgehead atoms. The van der Waals surface area contributed by atoms with Crippen molar-refractivity contribution in [1.29, 1.82) is 0 Å². The van der Waals surface area contributed by atoms with Crippen LogP contribution in [-0.2, 0) is 11.3 Å². The fourth-order valence-electron chi connectivity index (χ4n) is 2.40. The van der Waals surface area contributed by atoms with E-state index in [4.69, 9.17) is 4.74 Å². The highest BCUT2D eigenvalue weighted by molar-refractivity contribution is 5.96. The Bertz CT molecular complexity index is 899. The second kappa shape index (κ2) is 8.06. The molecule has 0 aliphatic heterocycles. The highest BCUT2D eigenvalue weighted by Gasteiger charge is 2.12. The summed E-state index contributed by atoms with van der Waals surface area (Å²) >= 11 is 0. The second-order valence-corrected chi connectivity index (χ2v) is 5.55. The van der Waals surface area contributed by atoms with Crippen molar-refractivity contribution in [1.82, 2.24) is 15.0 Å². The number of carbonyl (C=O) groups is 1. The molecular formula is C19H19N5O2. The fourth-order valence-corrected chi connectivity index (χ4v) is 2.40. The summed E-state index contributed by atoms with van der Waals surface area (Å²) in [6, 6.07) is 14.6. The van der Waals surface area contributed by atoms with Gasteiger partial charge in [0.15, 0.2) is 0 Å². The van der Waals surface area contributed by atoms with Crippen LogP contribution in [0.25, 0.3) is 0 Å². The Morgan fingerprint density at radius 2 is 1.92 bits per heavy atom. The Balaban J connectivity index is 1.79. The number of nitrogens with zero attached hydrogens (tertiary/aromatic N) is 3. The van der Waals surface area contributed by atoms with Crippen molar-refractivity contribution in [2.75, 3.05) is 17.7 Å². The Hall–Kier alpha value is -3.48. The number of benzene rings is 1. The number of esters is 1. The van der Waals surface area contributed by atoms with E-state index in [1.807, 2.05) is 31.2 Å². The summed E-state index contributed by atoms with van der Waals surface area (Å²) in [6.45, 7) is 2.40. The van der Waals surface area contributed by atoms with Crippen LogP contribution in [0.3, 0.4) is 0 Å². The van der Waals surface area contributed by atoms with Crippen LogP contribution >= 0.6 is 0 Å². The Morgan fingerprint density at radius 3 is 2.69 bits per heavy atom. The molecular weight excluding hydrogens is 330 g/mol. The van der Waals surface area contributed by atoms with Gasteiger partial charge in [0.25, 0.3) is 0 Å². The Labute approximate surface area is 151 Å². The summed E-state index contributed by atoms with van der Waals surface area (Å²) in [5.74, 6) is 0.651. The van der Waals surface area contributed by atoms with Gasteiger partial charge in [-0.15, -0.1) is 0 Å². The van der Waals surface area contributed by atoms with Gasteiger partial charge < -0.3 is 15.4 Å². The molecule has 1 aromatic carbocycles. The lowest BCUT2D eigenvalue weighted by atomic mass is 10.2. The molecule has 0 atom stereocenters. The molecule has 7 nitrogen and oxygen atoms in total. The van der Waals surface area contributed by atoms with Crippen LogP contribution in [0, 0.1) is 6.92 Å². The molecule has 132 valence electrons. The normalized spacial score (nSPS) is 10.2. The van der Waals surface area contributed by atoms with Gasteiger partial charge in [-0.05, 0) is 31.2 Å². The maximum Gasteiger partial charge on any atom is 0.339 e.